The van der Waals surface area contributed by atoms with Crippen LogP contribution in [0.4, 0.5) is 10.5 Å². The second-order valence-corrected chi connectivity index (χ2v) is 4.77. The standard InChI is InChI=1S/C18H18N2O3/c1-22-17-11-6-5-10-16(17)20(13-7-12-19)18(21)23-14-15-8-3-2-4-9-15/h2-6,8-11H,7,13-14H2,1H3. The minimum absolute atomic E-state index is 0.178. The fraction of sp³-hybridized carbons (Fsp3) is 0.222. The average molecular weight is 310 g/mol. The first-order chi connectivity index (χ1) is 11.3. The average Bonchev–Trinajstić information content (AvgIpc) is 2.61. The quantitative estimate of drug-likeness (QED) is 0.815. The van der Waals surface area contributed by atoms with E-state index in [1.54, 1.807) is 12.1 Å². The van der Waals surface area contributed by atoms with Gasteiger partial charge in [0.2, 0.25) is 0 Å². The third-order valence-corrected chi connectivity index (χ3v) is 3.25. The number of methoxy groups -OCH3 is 1. The summed E-state index contributed by atoms with van der Waals surface area (Å²) in [6, 6.07) is 18.6. The minimum atomic E-state index is -0.506. The molecule has 2 rings (SSSR count). The second kappa shape index (κ2) is 8.44. The van der Waals surface area contributed by atoms with E-state index in [9.17, 15) is 4.79 Å². The molecule has 5 nitrogen and oxygen atoms in total. The van der Waals surface area contributed by atoms with Crippen molar-refractivity contribution < 1.29 is 14.3 Å². The van der Waals surface area contributed by atoms with Gasteiger partial charge in [0, 0.05) is 6.54 Å². The van der Waals surface area contributed by atoms with Crippen molar-refractivity contribution in [2.24, 2.45) is 0 Å². The van der Waals surface area contributed by atoms with Gasteiger partial charge >= 0.3 is 6.09 Å². The molecule has 0 spiro atoms. The Morgan fingerprint density at radius 1 is 1.13 bits per heavy atom. The van der Waals surface area contributed by atoms with E-state index in [1.807, 2.05) is 48.5 Å². The molecule has 0 bridgehead atoms. The van der Waals surface area contributed by atoms with Crippen molar-refractivity contribution in [1.29, 1.82) is 5.26 Å². The summed E-state index contributed by atoms with van der Waals surface area (Å²) in [6.07, 6.45) is -0.299. The highest BCUT2D eigenvalue weighted by Crippen LogP contribution is 2.28. The first-order valence-corrected chi connectivity index (χ1v) is 7.24. The summed E-state index contributed by atoms with van der Waals surface area (Å²) in [7, 11) is 1.54. The highest BCUT2D eigenvalue weighted by atomic mass is 16.6. The monoisotopic (exact) mass is 310 g/mol. The number of benzene rings is 2. The molecule has 0 aliphatic rings. The molecule has 23 heavy (non-hydrogen) atoms. The molecular formula is C18H18N2O3. The van der Waals surface area contributed by atoms with Crippen LogP contribution < -0.4 is 9.64 Å². The van der Waals surface area contributed by atoms with Crippen molar-refractivity contribution in [2.45, 2.75) is 13.0 Å². The maximum atomic E-state index is 12.4. The molecule has 0 aliphatic heterocycles. The summed E-state index contributed by atoms with van der Waals surface area (Å²) in [5.41, 5.74) is 1.49. The smallest absolute Gasteiger partial charge is 0.414 e. The van der Waals surface area contributed by atoms with Gasteiger partial charge in [-0.3, -0.25) is 4.90 Å². The summed E-state index contributed by atoms with van der Waals surface area (Å²) in [4.78, 5) is 13.9. The van der Waals surface area contributed by atoms with E-state index >= 15 is 0 Å². The zero-order valence-corrected chi connectivity index (χ0v) is 12.9. The van der Waals surface area contributed by atoms with Gasteiger partial charge in [0.1, 0.15) is 12.4 Å². The minimum Gasteiger partial charge on any atom is -0.495 e. The van der Waals surface area contributed by atoms with Crippen LogP contribution in [0.5, 0.6) is 5.75 Å². The molecule has 0 radical (unpaired) electrons. The molecule has 0 fully saturated rings. The Morgan fingerprint density at radius 2 is 1.83 bits per heavy atom. The molecule has 0 aliphatic carbocycles. The van der Waals surface area contributed by atoms with Gasteiger partial charge in [-0.15, -0.1) is 0 Å². The third-order valence-electron chi connectivity index (χ3n) is 3.25. The Morgan fingerprint density at radius 3 is 2.52 bits per heavy atom. The summed E-state index contributed by atoms with van der Waals surface area (Å²) >= 11 is 0. The zero-order valence-electron chi connectivity index (χ0n) is 12.9. The lowest BCUT2D eigenvalue weighted by atomic mass is 10.2. The number of ether oxygens (including phenoxy) is 2. The Kier molecular flexibility index (Phi) is 6.01. The number of hydrogen-bond donors (Lipinski definition) is 0. The molecule has 2 aromatic carbocycles. The maximum Gasteiger partial charge on any atom is 0.414 e. The number of rotatable bonds is 6. The van der Waals surface area contributed by atoms with Crippen LogP contribution in [-0.4, -0.2) is 19.7 Å². The maximum absolute atomic E-state index is 12.4. The first kappa shape index (κ1) is 16.4. The molecular weight excluding hydrogens is 292 g/mol. The highest BCUT2D eigenvalue weighted by molar-refractivity contribution is 5.89. The van der Waals surface area contributed by atoms with Crippen molar-refractivity contribution in [3.05, 3.63) is 60.2 Å². The fourth-order valence-corrected chi connectivity index (χ4v) is 2.12. The lowest BCUT2D eigenvalue weighted by molar-refractivity contribution is 0.147. The van der Waals surface area contributed by atoms with E-state index < -0.39 is 6.09 Å². The molecule has 118 valence electrons. The van der Waals surface area contributed by atoms with E-state index in [0.29, 0.717) is 11.4 Å². The van der Waals surface area contributed by atoms with E-state index in [4.69, 9.17) is 14.7 Å². The molecule has 0 saturated heterocycles. The number of nitrogens with zero attached hydrogens (tertiary/aromatic N) is 2. The number of nitriles is 1. The fourth-order valence-electron chi connectivity index (χ4n) is 2.12. The highest BCUT2D eigenvalue weighted by Gasteiger charge is 2.20. The van der Waals surface area contributed by atoms with E-state index in [2.05, 4.69) is 0 Å². The van der Waals surface area contributed by atoms with Gasteiger partial charge in [0.15, 0.2) is 0 Å². The summed E-state index contributed by atoms with van der Waals surface area (Å²) in [6.45, 7) is 0.419. The van der Waals surface area contributed by atoms with Gasteiger partial charge < -0.3 is 9.47 Å². The topological polar surface area (TPSA) is 62.6 Å². The van der Waals surface area contributed by atoms with E-state index in [1.165, 1.54) is 12.0 Å². The number of anilines is 1. The van der Waals surface area contributed by atoms with Crippen molar-refractivity contribution >= 4 is 11.8 Å². The van der Waals surface area contributed by atoms with Gasteiger partial charge in [-0.25, -0.2) is 4.79 Å². The molecule has 0 aromatic heterocycles. The third kappa shape index (κ3) is 4.48. The molecule has 0 heterocycles. The van der Waals surface area contributed by atoms with Crippen LogP contribution in [0.25, 0.3) is 0 Å². The molecule has 1 amide bonds. The number of hydrogen-bond acceptors (Lipinski definition) is 4. The van der Waals surface area contributed by atoms with Crippen LogP contribution >= 0.6 is 0 Å². The van der Waals surface area contributed by atoms with Gasteiger partial charge in [-0.2, -0.15) is 5.26 Å². The number of amides is 1. The molecule has 5 heteroatoms. The summed E-state index contributed by atoms with van der Waals surface area (Å²) < 4.78 is 10.7. The summed E-state index contributed by atoms with van der Waals surface area (Å²) in [5, 5.41) is 8.82. The zero-order chi connectivity index (χ0) is 16.5. The second-order valence-electron chi connectivity index (χ2n) is 4.77. The van der Waals surface area contributed by atoms with Crippen LogP contribution in [0.3, 0.4) is 0 Å². The molecule has 0 saturated carbocycles. The Hall–Kier alpha value is -3.00. The lowest BCUT2D eigenvalue weighted by Gasteiger charge is -2.23. The van der Waals surface area contributed by atoms with Crippen molar-refractivity contribution in [3.8, 4) is 11.8 Å². The largest absolute Gasteiger partial charge is 0.495 e. The number of carbonyl (C=O) groups is 1. The van der Waals surface area contributed by atoms with Crippen LogP contribution in [0, 0.1) is 11.3 Å². The molecule has 2 aromatic rings. The van der Waals surface area contributed by atoms with Crippen LogP contribution in [0.2, 0.25) is 0 Å². The normalized spacial score (nSPS) is 9.74. The number of carbonyl (C=O) groups excluding carboxylic acids is 1. The molecule has 0 unspecified atom stereocenters. The Bertz CT molecular complexity index is 680. The number of para-hydroxylation sites is 2. The van der Waals surface area contributed by atoms with E-state index in [0.717, 1.165) is 5.56 Å². The van der Waals surface area contributed by atoms with Crippen LogP contribution in [0.1, 0.15) is 12.0 Å². The molecule has 0 N–H and O–H groups in total. The predicted octanol–water partition coefficient (Wildman–Crippen LogP) is 3.75. The SMILES string of the molecule is COc1ccccc1N(CCC#N)C(=O)OCc1ccccc1. The van der Waals surface area contributed by atoms with Crippen molar-refractivity contribution in [1.82, 2.24) is 0 Å². The Balaban J connectivity index is 2.14. The van der Waals surface area contributed by atoms with Gasteiger partial charge in [-0.1, -0.05) is 42.5 Å². The van der Waals surface area contributed by atoms with Crippen LogP contribution in [-0.2, 0) is 11.3 Å². The van der Waals surface area contributed by atoms with Gasteiger partial charge in [0.05, 0.1) is 25.3 Å². The molecule has 0 atom stereocenters. The first-order valence-electron chi connectivity index (χ1n) is 7.24. The summed E-state index contributed by atoms with van der Waals surface area (Å²) in [5.74, 6) is 0.558. The van der Waals surface area contributed by atoms with E-state index in [-0.39, 0.29) is 19.6 Å². The Labute approximate surface area is 135 Å². The van der Waals surface area contributed by atoms with Crippen molar-refractivity contribution in [3.63, 3.8) is 0 Å². The van der Waals surface area contributed by atoms with Crippen molar-refractivity contribution in [2.75, 3.05) is 18.6 Å². The van der Waals surface area contributed by atoms with Gasteiger partial charge in [0.25, 0.3) is 0 Å². The van der Waals surface area contributed by atoms with Gasteiger partial charge in [-0.05, 0) is 17.7 Å². The van der Waals surface area contributed by atoms with Crippen LogP contribution in [0.15, 0.2) is 54.6 Å². The predicted molar refractivity (Wildman–Crippen MR) is 87.2 cm³/mol. The lowest BCUT2D eigenvalue weighted by Crippen LogP contribution is -2.32.